The average molecular weight is 432 g/mol. The third-order valence-corrected chi connectivity index (χ3v) is 4.09. The highest BCUT2D eigenvalue weighted by Gasteiger charge is 2.15. The molecule has 0 fully saturated rings. The molecule has 0 unspecified atom stereocenters. The zero-order valence-electron chi connectivity index (χ0n) is 11.9. The number of benzene rings is 2. The minimum Gasteiger partial charge on any atom is -0.490 e. The van der Waals surface area contributed by atoms with Gasteiger partial charge in [0.2, 0.25) is 5.91 Å². The van der Waals surface area contributed by atoms with E-state index in [1.165, 1.54) is 0 Å². The van der Waals surface area contributed by atoms with Gasteiger partial charge in [-0.1, -0.05) is 29.8 Å². The predicted octanol–water partition coefficient (Wildman–Crippen LogP) is 4.02. The van der Waals surface area contributed by atoms with E-state index < -0.39 is 5.91 Å². The fourth-order valence-corrected chi connectivity index (χ4v) is 2.83. The van der Waals surface area contributed by atoms with Crippen LogP contribution < -0.4 is 15.2 Å². The first-order chi connectivity index (χ1) is 10.5. The summed E-state index contributed by atoms with van der Waals surface area (Å²) in [7, 11) is 0. The molecule has 0 bridgehead atoms. The number of halogens is 2. The molecule has 0 aliphatic heterocycles. The fourth-order valence-electron chi connectivity index (χ4n) is 1.88. The maximum Gasteiger partial charge on any atom is 0.248 e. The SMILES string of the molecule is CCOc1cc(C(N)=O)cc(I)c1OCc1ccccc1Cl. The largest absolute Gasteiger partial charge is 0.490 e. The number of hydrogen-bond donors (Lipinski definition) is 1. The molecule has 6 heteroatoms. The van der Waals surface area contributed by atoms with Gasteiger partial charge in [-0.15, -0.1) is 0 Å². The van der Waals surface area contributed by atoms with Crippen LogP contribution in [0.15, 0.2) is 36.4 Å². The summed E-state index contributed by atoms with van der Waals surface area (Å²) in [6.45, 7) is 2.63. The Labute approximate surface area is 147 Å². The van der Waals surface area contributed by atoms with E-state index >= 15 is 0 Å². The van der Waals surface area contributed by atoms with Crippen LogP contribution in [0.3, 0.4) is 0 Å². The lowest BCUT2D eigenvalue weighted by Gasteiger charge is -2.15. The smallest absolute Gasteiger partial charge is 0.248 e. The second kappa shape index (κ2) is 7.69. The first-order valence-electron chi connectivity index (χ1n) is 6.65. The van der Waals surface area contributed by atoms with Gasteiger partial charge in [-0.2, -0.15) is 0 Å². The number of primary amides is 1. The predicted molar refractivity (Wildman–Crippen MR) is 94.6 cm³/mol. The van der Waals surface area contributed by atoms with E-state index in [0.29, 0.717) is 35.3 Å². The third kappa shape index (κ3) is 4.04. The van der Waals surface area contributed by atoms with Crippen LogP contribution in [0.4, 0.5) is 0 Å². The molecule has 0 spiro atoms. The van der Waals surface area contributed by atoms with Crippen molar-refractivity contribution in [3.8, 4) is 11.5 Å². The third-order valence-electron chi connectivity index (χ3n) is 2.92. The fraction of sp³-hybridized carbons (Fsp3) is 0.188. The van der Waals surface area contributed by atoms with Crippen LogP contribution in [0.2, 0.25) is 5.02 Å². The summed E-state index contributed by atoms with van der Waals surface area (Å²) in [4.78, 5) is 11.4. The standard InChI is InChI=1S/C16H15ClINO3/c1-2-21-14-8-11(16(19)20)7-13(18)15(14)22-9-10-5-3-4-6-12(10)17/h3-8H,2,9H2,1H3,(H2,19,20). The summed E-state index contributed by atoms with van der Waals surface area (Å²) < 4.78 is 12.2. The minimum absolute atomic E-state index is 0.311. The molecule has 0 heterocycles. The van der Waals surface area contributed by atoms with E-state index in [4.69, 9.17) is 26.8 Å². The van der Waals surface area contributed by atoms with Crippen molar-refractivity contribution in [3.63, 3.8) is 0 Å². The number of hydrogen-bond acceptors (Lipinski definition) is 3. The molecule has 2 rings (SSSR count). The summed E-state index contributed by atoms with van der Waals surface area (Å²) in [5, 5.41) is 0.643. The summed E-state index contributed by atoms with van der Waals surface area (Å²) in [6.07, 6.45) is 0. The Kier molecular flexibility index (Phi) is 5.90. The van der Waals surface area contributed by atoms with Crippen molar-refractivity contribution in [1.29, 1.82) is 0 Å². The molecule has 2 aromatic rings. The topological polar surface area (TPSA) is 61.5 Å². The molecule has 116 valence electrons. The van der Waals surface area contributed by atoms with E-state index in [2.05, 4.69) is 22.6 Å². The molecular formula is C16H15ClINO3. The molecule has 0 atom stereocenters. The van der Waals surface area contributed by atoms with Crippen LogP contribution >= 0.6 is 34.2 Å². The van der Waals surface area contributed by atoms with E-state index in [1.807, 2.05) is 31.2 Å². The Morgan fingerprint density at radius 2 is 2.00 bits per heavy atom. The number of carbonyl (C=O) groups excluding carboxylic acids is 1. The van der Waals surface area contributed by atoms with Gasteiger partial charge in [-0.05, 0) is 47.7 Å². The molecule has 4 nitrogen and oxygen atoms in total. The Morgan fingerprint density at radius 1 is 1.27 bits per heavy atom. The Balaban J connectivity index is 2.29. The molecule has 0 saturated carbocycles. The highest BCUT2D eigenvalue weighted by molar-refractivity contribution is 14.1. The van der Waals surface area contributed by atoms with Crippen molar-refractivity contribution in [1.82, 2.24) is 0 Å². The summed E-state index contributed by atoms with van der Waals surface area (Å²) in [5.74, 6) is 0.569. The molecule has 2 aromatic carbocycles. The highest BCUT2D eigenvalue weighted by atomic mass is 127. The highest BCUT2D eigenvalue weighted by Crippen LogP contribution is 2.35. The quantitative estimate of drug-likeness (QED) is 0.703. The maximum absolute atomic E-state index is 11.4. The lowest BCUT2D eigenvalue weighted by molar-refractivity contribution is 0.0999. The second-order valence-corrected chi connectivity index (χ2v) is 6.03. The molecule has 0 aliphatic carbocycles. The second-order valence-electron chi connectivity index (χ2n) is 4.46. The van der Waals surface area contributed by atoms with Crippen molar-refractivity contribution in [2.45, 2.75) is 13.5 Å². The van der Waals surface area contributed by atoms with Crippen molar-refractivity contribution in [2.24, 2.45) is 5.73 Å². The van der Waals surface area contributed by atoms with Crippen LogP contribution in [0.5, 0.6) is 11.5 Å². The molecule has 2 N–H and O–H groups in total. The zero-order valence-corrected chi connectivity index (χ0v) is 14.8. The van der Waals surface area contributed by atoms with Gasteiger partial charge in [0.05, 0.1) is 10.2 Å². The van der Waals surface area contributed by atoms with Gasteiger partial charge in [0.15, 0.2) is 11.5 Å². The summed E-state index contributed by atoms with van der Waals surface area (Å²) in [5.41, 5.74) is 6.59. The number of amides is 1. The van der Waals surface area contributed by atoms with E-state index in [-0.39, 0.29) is 0 Å². The zero-order chi connectivity index (χ0) is 16.1. The maximum atomic E-state index is 11.4. The number of rotatable bonds is 6. The van der Waals surface area contributed by atoms with Crippen LogP contribution in [0, 0.1) is 3.57 Å². The van der Waals surface area contributed by atoms with Crippen LogP contribution in [-0.2, 0) is 6.61 Å². The molecule has 0 saturated heterocycles. The van der Waals surface area contributed by atoms with E-state index in [1.54, 1.807) is 12.1 Å². The molecule has 0 aliphatic rings. The Bertz CT molecular complexity index is 691. The number of carbonyl (C=O) groups is 1. The first-order valence-corrected chi connectivity index (χ1v) is 8.11. The Morgan fingerprint density at radius 3 is 2.64 bits per heavy atom. The summed E-state index contributed by atoms with van der Waals surface area (Å²) in [6, 6.07) is 10.7. The van der Waals surface area contributed by atoms with Gasteiger partial charge >= 0.3 is 0 Å². The monoisotopic (exact) mass is 431 g/mol. The van der Waals surface area contributed by atoms with Gasteiger partial charge in [0.1, 0.15) is 6.61 Å². The molecular weight excluding hydrogens is 417 g/mol. The molecule has 0 radical (unpaired) electrons. The number of ether oxygens (including phenoxy) is 2. The van der Waals surface area contributed by atoms with Crippen molar-refractivity contribution in [3.05, 3.63) is 56.1 Å². The summed E-state index contributed by atoms with van der Waals surface area (Å²) >= 11 is 8.21. The normalized spacial score (nSPS) is 10.3. The van der Waals surface area contributed by atoms with Crippen molar-refractivity contribution >= 4 is 40.1 Å². The van der Waals surface area contributed by atoms with Gasteiger partial charge < -0.3 is 15.2 Å². The lowest BCUT2D eigenvalue weighted by Crippen LogP contribution is -2.12. The first kappa shape index (κ1) is 16.9. The minimum atomic E-state index is -0.503. The van der Waals surface area contributed by atoms with Gasteiger partial charge in [0, 0.05) is 16.1 Å². The Hall–Kier alpha value is -1.47. The van der Waals surface area contributed by atoms with E-state index in [9.17, 15) is 4.79 Å². The van der Waals surface area contributed by atoms with Gasteiger partial charge in [-0.25, -0.2) is 0 Å². The van der Waals surface area contributed by atoms with Gasteiger partial charge in [0.25, 0.3) is 0 Å². The van der Waals surface area contributed by atoms with E-state index in [0.717, 1.165) is 9.13 Å². The number of nitrogens with two attached hydrogens (primary N) is 1. The van der Waals surface area contributed by atoms with Crippen LogP contribution in [0.1, 0.15) is 22.8 Å². The molecule has 22 heavy (non-hydrogen) atoms. The van der Waals surface area contributed by atoms with Crippen LogP contribution in [0.25, 0.3) is 0 Å². The average Bonchev–Trinajstić information content (AvgIpc) is 2.48. The lowest BCUT2D eigenvalue weighted by atomic mass is 10.2. The molecule has 1 amide bonds. The van der Waals surface area contributed by atoms with Crippen molar-refractivity contribution < 1.29 is 14.3 Å². The molecule has 0 aromatic heterocycles. The van der Waals surface area contributed by atoms with Gasteiger partial charge in [-0.3, -0.25) is 4.79 Å². The van der Waals surface area contributed by atoms with Crippen LogP contribution in [-0.4, -0.2) is 12.5 Å². The van der Waals surface area contributed by atoms with Crippen molar-refractivity contribution in [2.75, 3.05) is 6.61 Å².